The van der Waals surface area contributed by atoms with Gasteiger partial charge in [-0.3, -0.25) is 14.7 Å². The summed E-state index contributed by atoms with van der Waals surface area (Å²) in [5.41, 5.74) is 1.88. The number of nitrogens with zero attached hydrogens (tertiary/aromatic N) is 4. The number of rotatable bonds is 2. The predicted octanol–water partition coefficient (Wildman–Crippen LogP) is 2.96. The standard InChI is InChI=1S/C19H19N5O/c1-13-12-18(21-19-20-10-11-23(19)14(2)25)24(22-13)17-9-5-7-15-6-3-4-8-16(15)17/h3-9,12H,10-11H2,1-2H3,(H,20,21). The van der Waals surface area contributed by atoms with Crippen LogP contribution in [-0.2, 0) is 4.79 Å². The van der Waals surface area contributed by atoms with E-state index in [1.807, 2.05) is 41.9 Å². The Bertz CT molecular complexity index is 983. The number of hydrogen-bond acceptors (Lipinski definition) is 4. The Morgan fingerprint density at radius 1 is 1.16 bits per heavy atom. The molecule has 0 atom stereocenters. The molecular formula is C19H19N5O. The molecule has 2 aromatic carbocycles. The molecule has 0 radical (unpaired) electrons. The monoisotopic (exact) mass is 333 g/mol. The molecular weight excluding hydrogens is 314 g/mol. The molecule has 1 N–H and O–H groups in total. The lowest BCUT2D eigenvalue weighted by Gasteiger charge is -2.18. The summed E-state index contributed by atoms with van der Waals surface area (Å²) >= 11 is 0. The van der Waals surface area contributed by atoms with Crippen LogP contribution in [0.1, 0.15) is 12.6 Å². The highest BCUT2D eigenvalue weighted by Crippen LogP contribution is 2.25. The molecule has 126 valence electrons. The van der Waals surface area contributed by atoms with Gasteiger partial charge in [-0.15, -0.1) is 0 Å². The molecule has 6 nitrogen and oxygen atoms in total. The minimum absolute atomic E-state index is 0.0169. The van der Waals surface area contributed by atoms with E-state index in [2.05, 4.69) is 33.6 Å². The number of hydrogen-bond donors (Lipinski definition) is 1. The van der Waals surface area contributed by atoms with E-state index in [1.165, 1.54) is 0 Å². The van der Waals surface area contributed by atoms with Crippen molar-refractivity contribution < 1.29 is 4.79 Å². The van der Waals surface area contributed by atoms with E-state index in [9.17, 15) is 4.79 Å². The number of amides is 1. The van der Waals surface area contributed by atoms with E-state index in [1.54, 1.807) is 11.8 Å². The molecule has 1 aliphatic heterocycles. The van der Waals surface area contributed by atoms with Crippen molar-refractivity contribution >= 4 is 28.5 Å². The summed E-state index contributed by atoms with van der Waals surface area (Å²) in [6.07, 6.45) is 0. The number of carbonyl (C=O) groups excluding carboxylic acids is 1. The van der Waals surface area contributed by atoms with Gasteiger partial charge in [0.05, 0.1) is 17.9 Å². The van der Waals surface area contributed by atoms with Gasteiger partial charge in [0.2, 0.25) is 11.9 Å². The number of carbonyl (C=O) groups is 1. The zero-order valence-electron chi connectivity index (χ0n) is 14.2. The zero-order valence-corrected chi connectivity index (χ0v) is 14.2. The summed E-state index contributed by atoms with van der Waals surface area (Å²) in [6.45, 7) is 4.73. The Labute approximate surface area is 145 Å². The van der Waals surface area contributed by atoms with E-state index in [0.717, 1.165) is 28.0 Å². The highest BCUT2D eigenvalue weighted by atomic mass is 16.2. The number of fused-ring (bicyclic) bond motifs is 1. The molecule has 1 amide bonds. The van der Waals surface area contributed by atoms with Gasteiger partial charge in [-0.05, 0) is 18.4 Å². The molecule has 6 heteroatoms. The van der Waals surface area contributed by atoms with Gasteiger partial charge in [0.1, 0.15) is 5.82 Å². The van der Waals surface area contributed by atoms with Crippen molar-refractivity contribution in [1.29, 1.82) is 0 Å². The number of aryl methyl sites for hydroxylation is 1. The molecule has 0 unspecified atom stereocenters. The van der Waals surface area contributed by atoms with E-state index in [4.69, 9.17) is 0 Å². The molecule has 25 heavy (non-hydrogen) atoms. The number of guanidine groups is 1. The molecule has 0 aliphatic carbocycles. The van der Waals surface area contributed by atoms with E-state index < -0.39 is 0 Å². The van der Waals surface area contributed by atoms with Crippen molar-refractivity contribution in [3.05, 3.63) is 54.2 Å². The fourth-order valence-corrected chi connectivity index (χ4v) is 3.14. The Morgan fingerprint density at radius 2 is 1.96 bits per heavy atom. The van der Waals surface area contributed by atoms with Gasteiger partial charge in [-0.25, -0.2) is 4.68 Å². The van der Waals surface area contributed by atoms with Gasteiger partial charge in [-0.1, -0.05) is 36.4 Å². The average Bonchev–Trinajstić information content (AvgIpc) is 3.21. The summed E-state index contributed by atoms with van der Waals surface area (Å²) in [5.74, 6) is 1.35. The van der Waals surface area contributed by atoms with E-state index >= 15 is 0 Å². The van der Waals surface area contributed by atoms with Crippen molar-refractivity contribution in [2.75, 3.05) is 18.4 Å². The van der Waals surface area contributed by atoms with Crippen molar-refractivity contribution in [3.8, 4) is 5.69 Å². The average molecular weight is 333 g/mol. The molecule has 3 aromatic rings. The van der Waals surface area contributed by atoms with Crippen molar-refractivity contribution in [2.24, 2.45) is 4.99 Å². The number of aliphatic imine (C=N–C) groups is 1. The first-order valence-corrected chi connectivity index (χ1v) is 8.28. The second-order valence-corrected chi connectivity index (χ2v) is 6.08. The SMILES string of the molecule is CC(=O)N1CCN=C1Nc1cc(C)nn1-c1cccc2ccccc12. The zero-order chi connectivity index (χ0) is 17.4. The maximum atomic E-state index is 11.8. The van der Waals surface area contributed by atoms with Gasteiger partial charge in [0, 0.05) is 24.9 Å². The molecule has 1 aliphatic rings. The van der Waals surface area contributed by atoms with Gasteiger partial charge in [0.15, 0.2) is 0 Å². The van der Waals surface area contributed by atoms with Gasteiger partial charge < -0.3 is 5.32 Å². The van der Waals surface area contributed by atoms with Gasteiger partial charge in [0.25, 0.3) is 0 Å². The molecule has 0 spiro atoms. The largest absolute Gasteiger partial charge is 0.310 e. The highest BCUT2D eigenvalue weighted by Gasteiger charge is 2.22. The van der Waals surface area contributed by atoms with Crippen LogP contribution in [0.5, 0.6) is 0 Å². The van der Waals surface area contributed by atoms with Crippen molar-refractivity contribution in [2.45, 2.75) is 13.8 Å². The van der Waals surface area contributed by atoms with Gasteiger partial charge >= 0.3 is 0 Å². The normalized spacial score (nSPS) is 14.0. The van der Waals surface area contributed by atoms with Gasteiger partial charge in [-0.2, -0.15) is 5.10 Å². The predicted molar refractivity (Wildman–Crippen MR) is 99.1 cm³/mol. The lowest BCUT2D eigenvalue weighted by molar-refractivity contribution is -0.124. The third-order valence-electron chi connectivity index (χ3n) is 4.29. The van der Waals surface area contributed by atoms with Crippen LogP contribution < -0.4 is 5.32 Å². The molecule has 0 saturated heterocycles. The maximum Gasteiger partial charge on any atom is 0.226 e. The topological polar surface area (TPSA) is 62.5 Å². The molecule has 2 heterocycles. The van der Waals surface area contributed by atoms with E-state index in [0.29, 0.717) is 19.0 Å². The van der Waals surface area contributed by atoms with Crippen molar-refractivity contribution in [1.82, 2.24) is 14.7 Å². The van der Waals surface area contributed by atoms with Crippen LogP contribution in [0.25, 0.3) is 16.5 Å². The van der Waals surface area contributed by atoms with Crippen LogP contribution in [-0.4, -0.2) is 39.6 Å². The number of anilines is 1. The first-order chi connectivity index (χ1) is 12.1. The number of benzene rings is 2. The summed E-state index contributed by atoms with van der Waals surface area (Å²) in [4.78, 5) is 17.8. The minimum Gasteiger partial charge on any atom is -0.310 e. The van der Waals surface area contributed by atoms with Crippen LogP contribution in [0.4, 0.5) is 5.82 Å². The third-order valence-corrected chi connectivity index (χ3v) is 4.29. The van der Waals surface area contributed by atoms with Crippen LogP contribution in [0.3, 0.4) is 0 Å². The Balaban J connectivity index is 1.78. The highest BCUT2D eigenvalue weighted by molar-refractivity contribution is 6.04. The van der Waals surface area contributed by atoms with Crippen LogP contribution in [0, 0.1) is 6.92 Å². The Morgan fingerprint density at radius 3 is 2.80 bits per heavy atom. The summed E-state index contributed by atoms with van der Waals surface area (Å²) in [5, 5.41) is 10.2. The molecule has 1 aromatic heterocycles. The van der Waals surface area contributed by atoms with E-state index in [-0.39, 0.29) is 5.91 Å². The van der Waals surface area contributed by atoms with Crippen LogP contribution in [0.15, 0.2) is 53.5 Å². The van der Waals surface area contributed by atoms with Crippen LogP contribution >= 0.6 is 0 Å². The summed E-state index contributed by atoms with van der Waals surface area (Å²) < 4.78 is 1.87. The number of aromatic nitrogens is 2. The fourth-order valence-electron chi connectivity index (χ4n) is 3.14. The Kier molecular flexibility index (Phi) is 3.72. The summed E-state index contributed by atoms with van der Waals surface area (Å²) in [6, 6.07) is 16.3. The second kappa shape index (κ2) is 6.05. The first kappa shape index (κ1) is 15.4. The molecule has 4 rings (SSSR count). The lowest BCUT2D eigenvalue weighted by atomic mass is 10.1. The smallest absolute Gasteiger partial charge is 0.226 e. The quantitative estimate of drug-likeness (QED) is 0.784. The third kappa shape index (κ3) is 2.76. The van der Waals surface area contributed by atoms with Crippen molar-refractivity contribution in [3.63, 3.8) is 0 Å². The number of nitrogens with one attached hydrogen (secondary N) is 1. The van der Waals surface area contributed by atoms with Crippen LogP contribution in [0.2, 0.25) is 0 Å². The maximum absolute atomic E-state index is 11.8. The summed E-state index contributed by atoms with van der Waals surface area (Å²) in [7, 11) is 0. The molecule has 0 bridgehead atoms. The second-order valence-electron chi connectivity index (χ2n) is 6.08. The molecule has 0 fully saturated rings. The molecule has 0 saturated carbocycles. The fraction of sp³-hybridized carbons (Fsp3) is 0.211. The first-order valence-electron chi connectivity index (χ1n) is 8.28. The minimum atomic E-state index is -0.0169. The Hall–Kier alpha value is -3.15. The lowest BCUT2D eigenvalue weighted by Crippen LogP contribution is -2.37.